The number of phenolic OH excluding ortho intramolecular Hbond substituents is 1. The highest BCUT2D eigenvalue weighted by molar-refractivity contribution is 5.44. The summed E-state index contributed by atoms with van der Waals surface area (Å²) in [6, 6.07) is 7.49. The molecule has 1 N–H and O–H groups in total. The van der Waals surface area contributed by atoms with Gasteiger partial charge in [0.05, 0.1) is 30.8 Å². The molecule has 1 aliphatic rings. The molecule has 7 nitrogen and oxygen atoms in total. The zero-order chi connectivity index (χ0) is 19.9. The quantitative estimate of drug-likeness (QED) is 0.731. The van der Waals surface area contributed by atoms with E-state index in [1.54, 1.807) is 6.07 Å². The summed E-state index contributed by atoms with van der Waals surface area (Å²) in [6.45, 7) is 11.6. The van der Waals surface area contributed by atoms with Gasteiger partial charge in [-0.05, 0) is 45.4 Å². The van der Waals surface area contributed by atoms with Crippen molar-refractivity contribution in [2.75, 3.05) is 18.1 Å². The lowest BCUT2D eigenvalue weighted by Gasteiger charge is -2.29. The van der Waals surface area contributed by atoms with E-state index in [9.17, 15) is 5.11 Å². The number of hydrogen-bond donors (Lipinski definition) is 1. The molecule has 4 rings (SSSR count). The molecule has 1 aromatic carbocycles. The molecule has 1 saturated heterocycles. The van der Waals surface area contributed by atoms with E-state index < -0.39 is 0 Å². The SMILES string of the molecule is Cc1noc(C)c1Cn1cc(N2CN(Cc3cccc(O)c3)C(C)(C)C2)cn1. The van der Waals surface area contributed by atoms with Crippen molar-refractivity contribution in [3.8, 4) is 5.75 Å². The summed E-state index contributed by atoms with van der Waals surface area (Å²) >= 11 is 0. The summed E-state index contributed by atoms with van der Waals surface area (Å²) in [4.78, 5) is 4.77. The molecule has 7 heteroatoms. The molecule has 3 heterocycles. The van der Waals surface area contributed by atoms with Gasteiger partial charge in [0.2, 0.25) is 0 Å². The number of aromatic nitrogens is 3. The number of hydrogen-bond acceptors (Lipinski definition) is 6. The Bertz CT molecular complexity index is 955. The summed E-state index contributed by atoms with van der Waals surface area (Å²) in [5, 5.41) is 18.3. The molecule has 0 saturated carbocycles. The zero-order valence-corrected chi connectivity index (χ0v) is 16.9. The van der Waals surface area contributed by atoms with Gasteiger partial charge in [0.15, 0.2) is 0 Å². The first-order valence-electron chi connectivity index (χ1n) is 9.54. The van der Waals surface area contributed by atoms with Gasteiger partial charge in [-0.15, -0.1) is 0 Å². The Labute approximate surface area is 165 Å². The van der Waals surface area contributed by atoms with E-state index >= 15 is 0 Å². The van der Waals surface area contributed by atoms with Gasteiger partial charge in [-0.3, -0.25) is 9.58 Å². The van der Waals surface area contributed by atoms with Crippen molar-refractivity contribution in [3.05, 3.63) is 59.2 Å². The summed E-state index contributed by atoms with van der Waals surface area (Å²) in [7, 11) is 0. The van der Waals surface area contributed by atoms with Gasteiger partial charge in [-0.2, -0.15) is 5.10 Å². The maximum Gasteiger partial charge on any atom is 0.138 e. The first kappa shape index (κ1) is 18.6. The minimum absolute atomic E-state index is 0.0230. The number of anilines is 1. The number of nitrogens with zero attached hydrogens (tertiary/aromatic N) is 5. The first-order chi connectivity index (χ1) is 13.3. The average molecular weight is 381 g/mol. The van der Waals surface area contributed by atoms with Gasteiger partial charge in [0.1, 0.15) is 11.5 Å². The third-order valence-corrected chi connectivity index (χ3v) is 5.55. The number of phenols is 1. The van der Waals surface area contributed by atoms with Gasteiger partial charge in [0.25, 0.3) is 0 Å². The Morgan fingerprint density at radius 1 is 1.21 bits per heavy atom. The highest BCUT2D eigenvalue weighted by atomic mass is 16.5. The van der Waals surface area contributed by atoms with Crippen LogP contribution in [0.2, 0.25) is 0 Å². The smallest absolute Gasteiger partial charge is 0.138 e. The lowest BCUT2D eigenvalue weighted by Crippen LogP contribution is -2.39. The lowest BCUT2D eigenvalue weighted by molar-refractivity contribution is 0.175. The van der Waals surface area contributed by atoms with Crippen molar-refractivity contribution in [2.24, 2.45) is 0 Å². The fourth-order valence-corrected chi connectivity index (χ4v) is 3.82. The molecule has 0 radical (unpaired) electrons. The molecule has 0 aliphatic carbocycles. The number of aromatic hydroxyl groups is 1. The standard InChI is InChI=1S/C21H27N5O2/c1-15-20(16(2)28-23-15)12-26-11-18(9-22-26)24-13-21(3,4)25(14-24)10-17-6-5-7-19(27)8-17/h5-9,11,27H,10,12-14H2,1-4H3. The molecule has 1 fully saturated rings. The van der Waals surface area contributed by atoms with Crippen molar-refractivity contribution in [3.63, 3.8) is 0 Å². The molecule has 0 atom stereocenters. The second-order valence-corrected chi connectivity index (χ2v) is 8.22. The molecule has 2 aromatic heterocycles. The van der Waals surface area contributed by atoms with Crippen LogP contribution in [0.1, 0.15) is 36.4 Å². The Hall–Kier alpha value is -2.80. The van der Waals surface area contributed by atoms with Crippen LogP contribution in [0.15, 0.2) is 41.2 Å². The Morgan fingerprint density at radius 3 is 2.75 bits per heavy atom. The highest BCUT2D eigenvalue weighted by Gasteiger charge is 2.37. The summed E-state index contributed by atoms with van der Waals surface area (Å²) in [5.74, 6) is 1.15. The van der Waals surface area contributed by atoms with Gasteiger partial charge in [-0.25, -0.2) is 0 Å². The largest absolute Gasteiger partial charge is 0.508 e. The minimum Gasteiger partial charge on any atom is -0.508 e. The molecule has 3 aromatic rings. The van der Waals surface area contributed by atoms with E-state index in [1.807, 2.05) is 36.9 Å². The third kappa shape index (κ3) is 3.62. The third-order valence-electron chi connectivity index (χ3n) is 5.55. The van der Waals surface area contributed by atoms with Crippen molar-refractivity contribution in [2.45, 2.75) is 46.3 Å². The predicted octanol–water partition coefficient (Wildman–Crippen LogP) is 3.30. The molecule has 0 bridgehead atoms. The summed E-state index contributed by atoms with van der Waals surface area (Å²) in [6.07, 6.45) is 4.01. The van der Waals surface area contributed by atoms with Gasteiger partial charge in [-0.1, -0.05) is 17.3 Å². The van der Waals surface area contributed by atoms with Gasteiger partial charge in [0, 0.05) is 30.4 Å². The number of rotatable bonds is 5. The first-order valence-corrected chi connectivity index (χ1v) is 9.54. The van der Waals surface area contributed by atoms with Crippen molar-refractivity contribution in [1.82, 2.24) is 19.8 Å². The number of benzene rings is 1. The molecule has 28 heavy (non-hydrogen) atoms. The van der Waals surface area contributed by atoms with E-state index in [4.69, 9.17) is 4.52 Å². The van der Waals surface area contributed by atoms with Crippen LogP contribution < -0.4 is 4.90 Å². The van der Waals surface area contributed by atoms with Crippen LogP contribution in [0.25, 0.3) is 0 Å². The zero-order valence-electron chi connectivity index (χ0n) is 16.9. The van der Waals surface area contributed by atoms with E-state index in [-0.39, 0.29) is 5.54 Å². The maximum atomic E-state index is 9.74. The van der Waals surface area contributed by atoms with Crippen LogP contribution in [0, 0.1) is 13.8 Å². The number of aryl methyl sites for hydroxylation is 2. The minimum atomic E-state index is 0.0230. The molecular weight excluding hydrogens is 354 g/mol. The van der Waals surface area contributed by atoms with E-state index in [2.05, 4.69) is 46.2 Å². The topological polar surface area (TPSA) is 70.6 Å². The summed E-state index contributed by atoms with van der Waals surface area (Å²) < 4.78 is 7.19. The van der Waals surface area contributed by atoms with Crippen LogP contribution in [0.5, 0.6) is 5.75 Å². The maximum absolute atomic E-state index is 9.74. The molecule has 0 spiro atoms. The average Bonchev–Trinajstić information content (AvgIpc) is 3.30. The van der Waals surface area contributed by atoms with Gasteiger partial charge >= 0.3 is 0 Å². The van der Waals surface area contributed by atoms with E-state index in [1.165, 1.54) is 0 Å². The van der Waals surface area contributed by atoms with Crippen molar-refractivity contribution in [1.29, 1.82) is 0 Å². The fourth-order valence-electron chi connectivity index (χ4n) is 3.82. The second kappa shape index (κ2) is 6.98. The molecular formula is C21H27N5O2. The second-order valence-electron chi connectivity index (χ2n) is 8.22. The van der Waals surface area contributed by atoms with E-state index in [0.29, 0.717) is 12.3 Å². The van der Waals surface area contributed by atoms with Crippen molar-refractivity contribution < 1.29 is 9.63 Å². The fraction of sp³-hybridized carbons (Fsp3) is 0.429. The summed E-state index contributed by atoms with van der Waals surface area (Å²) in [5.41, 5.74) is 4.24. The molecule has 1 aliphatic heterocycles. The van der Waals surface area contributed by atoms with Gasteiger partial charge < -0.3 is 14.5 Å². The Balaban J connectivity index is 1.47. The lowest BCUT2D eigenvalue weighted by atomic mass is 10.0. The molecule has 148 valence electrons. The van der Waals surface area contributed by atoms with Crippen LogP contribution in [-0.2, 0) is 13.1 Å². The highest BCUT2D eigenvalue weighted by Crippen LogP contribution is 2.30. The van der Waals surface area contributed by atoms with Crippen LogP contribution in [0.4, 0.5) is 5.69 Å². The monoisotopic (exact) mass is 381 g/mol. The van der Waals surface area contributed by atoms with E-state index in [0.717, 1.165) is 48.0 Å². The van der Waals surface area contributed by atoms with Crippen LogP contribution in [0.3, 0.4) is 0 Å². The van der Waals surface area contributed by atoms with Crippen LogP contribution >= 0.6 is 0 Å². The molecule has 0 unspecified atom stereocenters. The normalized spacial score (nSPS) is 16.8. The molecule has 0 amide bonds. The van der Waals surface area contributed by atoms with Crippen LogP contribution in [-0.4, -0.2) is 43.7 Å². The predicted molar refractivity (Wildman–Crippen MR) is 107 cm³/mol. The van der Waals surface area contributed by atoms with Crippen molar-refractivity contribution >= 4 is 5.69 Å². The Kier molecular flexibility index (Phi) is 4.63. The Morgan fingerprint density at radius 2 is 2.04 bits per heavy atom.